The maximum atomic E-state index is 11.0. The van der Waals surface area contributed by atoms with E-state index in [2.05, 4.69) is 4.52 Å². The van der Waals surface area contributed by atoms with Gasteiger partial charge in [0.1, 0.15) is 0 Å². The molecule has 0 spiro atoms. The highest BCUT2D eigenvalue weighted by atomic mass is 31.2. The smallest absolute Gasteiger partial charge is 0.367 e. The molecular formula is C8H16NO5P. The van der Waals surface area contributed by atoms with E-state index in [1.54, 1.807) is 6.08 Å². The summed E-state index contributed by atoms with van der Waals surface area (Å²) in [5, 5.41) is 0. The maximum absolute atomic E-state index is 11.0. The van der Waals surface area contributed by atoms with Crippen LogP contribution in [0.3, 0.4) is 0 Å². The van der Waals surface area contributed by atoms with Gasteiger partial charge >= 0.3 is 13.8 Å². The van der Waals surface area contributed by atoms with Gasteiger partial charge in [-0.3, -0.25) is 9.79 Å². The van der Waals surface area contributed by atoms with Crippen molar-refractivity contribution in [3.05, 3.63) is 11.6 Å². The van der Waals surface area contributed by atoms with Crippen LogP contribution in [0.1, 0.15) is 13.3 Å². The second kappa shape index (κ2) is 6.02. The zero-order valence-corrected chi connectivity index (χ0v) is 9.90. The molecule has 2 N–H and O–H groups in total. The van der Waals surface area contributed by atoms with E-state index in [-0.39, 0.29) is 5.57 Å². The number of hydrogen-bond donors (Lipinski definition) is 2. The van der Waals surface area contributed by atoms with Crippen molar-refractivity contribution in [1.82, 2.24) is 4.90 Å². The molecule has 0 radical (unpaired) electrons. The molecular weight excluding hydrogens is 221 g/mol. The van der Waals surface area contributed by atoms with Crippen LogP contribution in [0, 0.1) is 0 Å². The molecule has 0 rings (SSSR count). The molecule has 15 heavy (non-hydrogen) atoms. The number of rotatable bonds is 5. The minimum absolute atomic E-state index is 0.195. The molecule has 0 aliphatic rings. The lowest BCUT2D eigenvalue weighted by Crippen LogP contribution is -2.12. The largest absolute Gasteiger partial charge is 0.527 e. The molecule has 6 nitrogen and oxygen atoms in total. The lowest BCUT2D eigenvalue weighted by atomic mass is 10.2. The first-order valence-electron chi connectivity index (χ1n) is 4.33. The molecule has 0 aromatic rings. The minimum atomic E-state index is -4.73. The Bertz CT molecular complexity index is 293. The molecule has 0 aromatic carbocycles. The Morgan fingerprint density at radius 2 is 2.00 bits per heavy atom. The zero-order valence-electron chi connectivity index (χ0n) is 9.01. The fourth-order valence-electron chi connectivity index (χ4n) is 0.803. The molecule has 0 saturated carbocycles. The van der Waals surface area contributed by atoms with Crippen LogP contribution in [0.2, 0.25) is 0 Å². The fraction of sp³-hybridized carbons (Fsp3) is 0.625. The third-order valence-electron chi connectivity index (χ3n) is 1.55. The van der Waals surface area contributed by atoms with Gasteiger partial charge in [-0.2, -0.15) is 0 Å². The quantitative estimate of drug-likeness (QED) is 0.535. The molecule has 0 aromatic heterocycles. The van der Waals surface area contributed by atoms with E-state index in [1.807, 2.05) is 19.0 Å². The maximum Gasteiger partial charge on any atom is 0.527 e. The second-order valence-corrected chi connectivity index (χ2v) is 4.51. The van der Waals surface area contributed by atoms with E-state index >= 15 is 0 Å². The standard InChI is InChI=1S/C8H16NO5P/c1-7(5-4-6-9(2)3)8(10)14-15(11,12)13/h5H,4,6H2,1-3H3,(H2,11,12,13). The monoisotopic (exact) mass is 237 g/mol. The SMILES string of the molecule is CC(=CCCN(C)C)C(=O)OP(=O)(O)O. The van der Waals surface area contributed by atoms with Crippen molar-refractivity contribution in [1.29, 1.82) is 0 Å². The van der Waals surface area contributed by atoms with Crippen molar-refractivity contribution in [3.8, 4) is 0 Å². The Hall–Kier alpha value is -0.680. The van der Waals surface area contributed by atoms with Crippen molar-refractivity contribution in [2.24, 2.45) is 0 Å². The lowest BCUT2D eigenvalue weighted by molar-refractivity contribution is -0.131. The van der Waals surface area contributed by atoms with Crippen molar-refractivity contribution in [2.75, 3.05) is 20.6 Å². The summed E-state index contributed by atoms with van der Waals surface area (Å²) in [4.78, 5) is 29.7. The third kappa shape index (κ3) is 8.32. The van der Waals surface area contributed by atoms with Gasteiger partial charge in [-0.15, -0.1) is 0 Å². The second-order valence-electron chi connectivity index (χ2n) is 3.35. The summed E-state index contributed by atoms with van der Waals surface area (Å²) in [6.45, 7) is 2.20. The summed E-state index contributed by atoms with van der Waals surface area (Å²) in [5.41, 5.74) is 0.195. The highest BCUT2D eigenvalue weighted by Crippen LogP contribution is 2.36. The number of phosphoric ester groups is 1. The topological polar surface area (TPSA) is 87.1 Å². The fourth-order valence-corrected chi connectivity index (χ4v) is 1.16. The number of nitrogens with zero attached hydrogens (tertiary/aromatic N) is 1. The molecule has 7 heteroatoms. The molecule has 0 bridgehead atoms. The first-order valence-corrected chi connectivity index (χ1v) is 5.86. The number of carbonyl (C=O) groups excluding carboxylic acids is 1. The van der Waals surface area contributed by atoms with E-state index in [0.29, 0.717) is 6.42 Å². The Balaban J connectivity index is 4.14. The molecule has 0 amide bonds. The average Bonchev–Trinajstić information content (AvgIpc) is 1.99. The van der Waals surface area contributed by atoms with Gasteiger partial charge in [0.05, 0.1) is 0 Å². The summed E-state index contributed by atoms with van der Waals surface area (Å²) in [6, 6.07) is 0. The van der Waals surface area contributed by atoms with Crippen molar-refractivity contribution < 1.29 is 23.7 Å². The summed E-state index contributed by atoms with van der Waals surface area (Å²) in [5.74, 6) is -0.984. The van der Waals surface area contributed by atoms with Crippen LogP contribution in [0.5, 0.6) is 0 Å². The summed E-state index contributed by atoms with van der Waals surface area (Å²) < 4.78 is 14.2. The van der Waals surface area contributed by atoms with Crippen molar-refractivity contribution >= 4 is 13.8 Å². The number of carbonyl (C=O) groups is 1. The first kappa shape index (κ1) is 14.3. The van der Waals surface area contributed by atoms with Gasteiger partial charge in [-0.1, -0.05) is 6.08 Å². The lowest BCUT2D eigenvalue weighted by Gasteiger charge is -2.07. The molecule has 0 unspecified atom stereocenters. The van der Waals surface area contributed by atoms with Gasteiger partial charge in [0, 0.05) is 12.1 Å². The van der Waals surface area contributed by atoms with Crippen LogP contribution in [-0.2, 0) is 13.9 Å². The molecule has 0 aliphatic heterocycles. The molecule has 88 valence electrons. The van der Waals surface area contributed by atoms with Crippen LogP contribution in [0.15, 0.2) is 11.6 Å². The highest BCUT2D eigenvalue weighted by molar-refractivity contribution is 7.46. The van der Waals surface area contributed by atoms with E-state index < -0.39 is 13.8 Å². The Kier molecular flexibility index (Phi) is 5.75. The Morgan fingerprint density at radius 3 is 2.40 bits per heavy atom. The predicted octanol–water partition coefficient (Wildman–Crippen LogP) is 0.520. The average molecular weight is 237 g/mol. The van der Waals surface area contributed by atoms with E-state index in [9.17, 15) is 9.36 Å². The number of phosphoric acid groups is 1. The van der Waals surface area contributed by atoms with Gasteiger partial charge in [-0.25, -0.2) is 9.36 Å². The van der Waals surface area contributed by atoms with Gasteiger partial charge in [0.2, 0.25) is 0 Å². The third-order valence-corrected chi connectivity index (χ3v) is 1.95. The molecule has 0 fully saturated rings. The molecule has 0 heterocycles. The molecule has 0 atom stereocenters. The van der Waals surface area contributed by atoms with Crippen LogP contribution in [0.4, 0.5) is 0 Å². The summed E-state index contributed by atoms with van der Waals surface area (Å²) in [7, 11) is -0.956. The first-order chi connectivity index (χ1) is 6.72. The van der Waals surface area contributed by atoms with Crippen LogP contribution in [0.25, 0.3) is 0 Å². The summed E-state index contributed by atoms with van der Waals surface area (Å²) >= 11 is 0. The van der Waals surface area contributed by atoms with Crippen molar-refractivity contribution in [3.63, 3.8) is 0 Å². The summed E-state index contributed by atoms with van der Waals surface area (Å²) in [6.07, 6.45) is 2.20. The van der Waals surface area contributed by atoms with Gasteiger partial charge in [-0.05, 0) is 27.4 Å². The minimum Gasteiger partial charge on any atom is -0.367 e. The van der Waals surface area contributed by atoms with Crippen LogP contribution in [-0.4, -0.2) is 41.3 Å². The number of hydrogen-bond acceptors (Lipinski definition) is 4. The van der Waals surface area contributed by atoms with Gasteiger partial charge in [0.15, 0.2) is 0 Å². The van der Waals surface area contributed by atoms with Gasteiger partial charge < -0.3 is 9.42 Å². The zero-order chi connectivity index (χ0) is 12.1. The Labute approximate surface area is 88.8 Å². The molecule has 0 aliphatic carbocycles. The predicted molar refractivity (Wildman–Crippen MR) is 55.1 cm³/mol. The Morgan fingerprint density at radius 1 is 1.47 bits per heavy atom. The normalized spacial score (nSPS) is 13.1. The van der Waals surface area contributed by atoms with Crippen LogP contribution >= 0.6 is 7.82 Å². The van der Waals surface area contributed by atoms with E-state index in [4.69, 9.17) is 9.79 Å². The van der Waals surface area contributed by atoms with E-state index in [0.717, 1.165) is 6.54 Å². The van der Waals surface area contributed by atoms with E-state index in [1.165, 1.54) is 6.92 Å². The highest BCUT2D eigenvalue weighted by Gasteiger charge is 2.20. The van der Waals surface area contributed by atoms with Gasteiger partial charge in [0.25, 0.3) is 0 Å². The molecule has 0 saturated heterocycles. The van der Waals surface area contributed by atoms with Crippen LogP contribution < -0.4 is 0 Å². The van der Waals surface area contributed by atoms with Crippen molar-refractivity contribution in [2.45, 2.75) is 13.3 Å².